The highest BCUT2D eigenvalue weighted by Gasteiger charge is 2.15. The van der Waals surface area contributed by atoms with Gasteiger partial charge in [0.05, 0.1) is 37.6 Å². The molecule has 27 heavy (non-hydrogen) atoms. The van der Waals surface area contributed by atoms with E-state index < -0.39 is 11.9 Å². The smallest absolute Gasteiger partial charge is 0.337 e. The average Bonchev–Trinajstić information content (AvgIpc) is 2.67. The summed E-state index contributed by atoms with van der Waals surface area (Å²) in [6, 6.07) is 9.47. The lowest BCUT2D eigenvalue weighted by molar-refractivity contribution is 0.0599. The van der Waals surface area contributed by atoms with Crippen LogP contribution in [0.5, 0.6) is 5.75 Å². The third-order valence-corrected chi connectivity index (χ3v) is 3.74. The zero-order chi connectivity index (χ0) is 20.0. The summed E-state index contributed by atoms with van der Waals surface area (Å²) in [7, 11) is 2.51. The molecule has 0 aliphatic carbocycles. The second-order valence-electron chi connectivity index (χ2n) is 5.61. The number of Topliss-reactive ketones (excluding diaryl/α,β-unsaturated/α-hetero) is 1. The van der Waals surface area contributed by atoms with E-state index in [4.69, 9.17) is 14.2 Å². The molecule has 0 spiro atoms. The zero-order valence-electron chi connectivity index (χ0n) is 15.6. The summed E-state index contributed by atoms with van der Waals surface area (Å²) in [4.78, 5) is 35.5. The Bertz CT molecular complexity index is 841. The summed E-state index contributed by atoms with van der Waals surface area (Å²) in [5.41, 5.74) is 1.84. The van der Waals surface area contributed by atoms with E-state index in [2.05, 4.69) is 5.32 Å². The Morgan fingerprint density at radius 1 is 0.889 bits per heavy atom. The number of benzene rings is 2. The summed E-state index contributed by atoms with van der Waals surface area (Å²) in [5, 5.41) is 3.10. The number of hydrogen-bond donors (Lipinski definition) is 1. The standard InChI is InChI=1S/C20H21NO6/c1-5-27-18-7-6-13(12(2)22)11-17(18)21-16-9-14(19(23)25-3)8-15(10-16)20(24)26-4/h6-11,21H,5H2,1-4H3. The second kappa shape index (κ2) is 8.84. The van der Waals surface area contributed by atoms with Crippen molar-refractivity contribution in [1.82, 2.24) is 0 Å². The molecule has 0 aliphatic heterocycles. The third kappa shape index (κ3) is 4.84. The molecule has 0 saturated carbocycles. The predicted octanol–water partition coefficient (Wildman–Crippen LogP) is 3.60. The number of ether oxygens (including phenoxy) is 3. The lowest BCUT2D eigenvalue weighted by Crippen LogP contribution is -2.08. The van der Waals surface area contributed by atoms with E-state index in [1.807, 2.05) is 6.92 Å². The molecule has 2 aromatic rings. The highest BCUT2D eigenvalue weighted by Crippen LogP contribution is 2.30. The number of esters is 2. The summed E-state index contributed by atoms with van der Waals surface area (Å²) in [6.45, 7) is 3.74. The van der Waals surface area contributed by atoms with E-state index in [9.17, 15) is 14.4 Å². The van der Waals surface area contributed by atoms with Gasteiger partial charge in [0.2, 0.25) is 0 Å². The number of hydrogen-bond acceptors (Lipinski definition) is 7. The molecule has 0 heterocycles. The molecule has 0 radical (unpaired) electrons. The molecule has 0 fully saturated rings. The van der Waals surface area contributed by atoms with Crippen molar-refractivity contribution < 1.29 is 28.6 Å². The molecule has 2 rings (SSSR count). The van der Waals surface area contributed by atoms with Gasteiger partial charge in [0.15, 0.2) is 5.78 Å². The van der Waals surface area contributed by atoms with Gasteiger partial charge in [0, 0.05) is 11.3 Å². The minimum atomic E-state index is -0.591. The fourth-order valence-electron chi connectivity index (χ4n) is 2.45. The normalized spacial score (nSPS) is 10.1. The zero-order valence-corrected chi connectivity index (χ0v) is 15.6. The summed E-state index contributed by atoms with van der Waals surface area (Å²) in [5.74, 6) is -0.747. The topological polar surface area (TPSA) is 90.9 Å². The van der Waals surface area contributed by atoms with E-state index in [1.54, 1.807) is 18.2 Å². The molecule has 7 nitrogen and oxygen atoms in total. The van der Waals surface area contributed by atoms with Gasteiger partial charge in [-0.05, 0) is 50.2 Å². The fraction of sp³-hybridized carbons (Fsp3) is 0.250. The van der Waals surface area contributed by atoms with Crippen LogP contribution >= 0.6 is 0 Å². The van der Waals surface area contributed by atoms with Gasteiger partial charge in [-0.15, -0.1) is 0 Å². The highest BCUT2D eigenvalue weighted by molar-refractivity contribution is 5.98. The average molecular weight is 371 g/mol. The van der Waals surface area contributed by atoms with E-state index in [1.165, 1.54) is 39.3 Å². The van der Waals surface area contributed by atoms with E-state index in [0.29, 0.717) is 29.3 Å². The Morgan fingerprint density at radius 3 is 1.96 bits per heavy atom. The first-order chi connectivity index (χ1) is 12.9. The molecular weight excluding hydrogens is 350 g/mol. The number of methoxy groups -OCH3 is 2. The first-order valence-electron chi connectivity index (χ1n) is 8.26. The van der Waals surface area contributed by atoms with Gasteiger partial charge in [-0.3, -0.25) is 4.79 Å². The molecule has 142 valence electrons. The van der Waals surface area contributed by atoms with Crippen molar-refractivity contribution >= 4 is 29.1 Å². The van der Waals surface area contributed by atoms with Gasteiger partial charge in [-0.25, -0.2) is 9.59 Å². The van der Waals surface area contributed by atoms with Crippen LogP contribution in [0.15, 0.2) is 36.4 Å². The summed E-state index contributed by atoms with van der Waals surface area (Å²) >= 11 is 0. The molecule has 7 heteroatoms. The number of ketones is 1. The van der Waals surface area contributed by atoms with E-state index >= 15 is 0 Å². The Kier molecular flexibility index (Phi) is 6.54. The molecule has 0 aromatic heterocycles. The Morgan fingerprint density at radius 2 is 1.48 bits per heavy atom. The Labute approximate surface area is 157 Å². The SMILES string of the molecule is CCOc1ccc(C(C)=O)cc1Nc1cc(C(=O)OC)cc(C(=O)OC)c1. The fourth-order valence-corrected chi connectivity index (χ4v) is 2.45. The molecule has 2 aromatic carbocycles. The largest absolute Gasteiger partial charge is 0.492 e. The molecule has 0 atom stereocenters. The van der Waals surface area contributed by atoms with Gasteiger partial charge in [-0.2, -0.15) is 0 Å². The third-order valence-electron chi connectivity index (χ3n) is 3.74. The van der Waals surface area contributed by atoms with Crippen LogP contribution in [-0.4, -0.2) is 38.5 Å². The van der Waals surface area contributed by atoms with Gasteiger partial charge in [-0.1, -0.05) is 0 Å². The predicted molar refractivity (Wildman–Crippen MR) is 100 cm³/mol. The van der Waals surface area contributed by atoms with Crippen molar-refractivity contribution in [3.8, 4) is 5.75 Å². The molecule has 1 N–H and O–H groups in total. The van der Waals surface area contributed by atoms with Crippen LogP contribution in [-0.2, 0) is 9.47 Å². The van der Waals surface area contributed by atoms with Crippen LogP contribution in [0.1, 0.15) is 44.9 Å². The quantitative estimate of drug-likeness (QED) is 0.587. The number of carbonyl (C=O) groups excluding carboxylic acids is 3. The number of rotatable bonds is 7. The van der Waals surface area contributed by atoms with Gasteiger partial charge < -0.3 is 19.5 Å². The number of nitrogens with one attached hydrogen (secondary N) is 1. The second-order valence-corrected chi connectivity index (χ2v) is 5.61. The number of carbonyl (C=O) groups is 3. The van der Waals surface area contributed by atoms with Crippen molar-refractivity contribution in [2.75, 3.05) is 26.1 Å². The molecule has 0 saturated heterocycles. The van der Waals surface area contributed by atoms with E-state index in [0.717, 1.165) is 0 Å². The first kappa shape index (κ1) is 20.0. The van der Waals surface area contributed by atoms with Crippen molar-refractivity contribution in [2.45, 2.75) is 13.8 Å². The maximum absolute atomic E-state index is 11.9. The maximum Gasteiger partial charge on any atom is 0.337 e. The van der Waals surface area contributed by atoms with Crippen LogP contribution in [0.25, 0.3) is 0 Å². The minimum Gasteiger partial charge on any atom is -0.492 e. The van der Waals surface area contributed by atoms with Gasteiger partial charge in [0.1, 0.15) is 5.75 Å². The van der Waals surface area contributed by atoms with Crippen molar-refractivity contribution in [3.05, 3.63) is 53.1 Å². The van der Waals surface area contributed by atoms with Crippen LogP contribution in [0.4, 0.5) is 11.4 Å². The molecule has 0 aliphatic rings. The Hall–Kier alpha value is -3.35. The van der Waals surface area contributed by atoms with Crippen LogP contribution in [0.3, 0.4) is 0 Å². The van der Waals surface area contributed by atoms with Crippen molar-refractivity contribution in [3.63, 3.8) is 0 Å². The van der Waals surface area contributed by atoms with E-state index in [-0.39, 0.29) is 16.9 Å². The summed E-state index contributed by atoms with van der Waals surface area (Å²) < 4.78 is 15.1. The van der Waals surface area contributed by atoms with Gasteiger partial charge in [0.25, 0.3) is 0 Å². The number of anilines is 2. The van der Waals surface area contributed by atoms with Crippen LogP contribution < -0.4 is 10.1 Å². The first-order valence-corrected chi connectivity index (χ1v) is 8.26. The highest BCUT2D eigenvalue weighted by atomic mass is 16.5. The molecule has 0 unspecified atom stereocenters. The van der Waals surface area contributed by atoms with Crippen LogP contribution in [0, 0.1) is 0 Å². The minimum absolute atomic E-state index is 0.0975. The lowest BCUT2D eigenvalue weighted by atomic mass is 10.1. The molecular formula is C20H21NO6. The summed E-state index contributed by atoms with van der Waals surface area (Å²) in [6.07, 6.45) is 0. The molecule has 0 amide bonds. The van der Waals surface area contributed by atoms with Crippen LogP contribution in [0.2, 0.25) is 0 Å². The molecule has 0 bridgehead atoms. The van der Waals surface area contributed by atoms with Crippen molar-refractivity contribution in [2.24, 2.45) is 0 Å². The Balaban J connectivity index is 2.51. The maximum atomic E-state index is 11.9. The van der Waals surface area contributed by atoms with Gasteiger partial charge >= 0.3 is 11.9 Å². The monoisotopic (exact) mass is 371 g/mol. The lowest BCUT2D eigenvalue weighted by Gasteiger charge is -2.15. The van der Waals surface area contributed by atoms with Crippen molar-refractivity contribution in [1.29, 1.82) is 0 Å².